The van der Waals surface area contributed by atoms with E-state index in [1.165, 1.54) is 18.4 Å². The minimum absolute atomic E-state index is 0.0000350. The lowest BCUT2D eigenvalue weighted by atomic mass is 10.0. The predicted octanol–water partition coefficient (Wildman–Crippen LogP) is 2.24. The molecule has 1 saturated carbocycles. The summed E-state index contributed by atoms with van der Waals surface area (Å²) in [5.74, 6) is 0.739. The van der Waals surface area contributed by atoms with Gasteiger partial charge in [0.2, 0.25) is 5.91 Å². The van der Waals surface area contributed by atoms with Crippen LogP contribution in [0.3, 0.4) is 0 Å². The maximum atomic E-state index is 12.1. The Hall–Kier alpha value is -1.35. The van der Waals surface area contributed by atoms with Crippen LogP contribution in [-0.2, 0) is 4.79 Å². The van der Waals surface area contributed by atoms with Gasteiger partial charge in [-0.2, -0.15) is 0 Å². The van der Waals surface area contributed by atoms with Gasteiger partial charge in [0.15, 0.2) is 0 Å². The highest BCUT2D eigenvalue weighted by atomic mass is 16.1. The van der Waals surface area contributed by atoms with Crippen molar-refractivity contribution in [1.29, 1.82) is 0 Å². The van der Waals surface area contributed by atoms with Gasteiger partial charge in [0.1, 0.15) is 0 Å². The van der Waals surface area contributed by atoms with E-state index in [-0.39, 0.29) is 17.9 Å². The van der Waals surface area contributed by atoms with Crippen LogP contribution in [0.25, 0.3) is 0 Å². The van der Waals surface area contributed by atoms with E-state index in [1.54, 1.807) is 0 Å². The third-order valence-corrected chi connectivity index (χ3v) is 3.60. The first kappa shape index (κ1) is 13.1. The van der Waals surface area contributed by atoms with Gasteiger partial charge in [-0.15, -0.1) is 0 Å². The number of hydrogen-bond donors (Lipinski definition) is 2. The largest absolute Gasteiger partial charge is 0.349 e. The molecule has 1 aromatic rings. The number of nitrogens with two attached hydrogens (primary N) is 1. The fraction of sp³-hybridized carbons (Fsp3) is 0.533. The molecule has 1 aromatic carbocycles. The van der Waals surface area contributed by atoms with Crippen LogP contribution in [-0.4, -0.2) is 12.5 Å². The topological polar surface area (TPSA) is 55.1 Å². The van der Waals surface area contributed by atoms with Crippen LogP contribution >= 0.6 is 0 Å². The van der Waals surface area contributed by atoms with Crippen molar-refractivity contribution in [2.75, 3.05) is 6.54 Å². The summed E-state index contributed by atoms with van der Waals surface area (Å²) in [7, 11) is 0. The molecule has 0 aliphatic heterocycles. The molecule has 18 heavy (non-hydrogen) atoms. The molecule has 98 valence electrons. The van der Waals surface area contributed by atoms with E-state index < -0.39 is 0 Å². The molecule has 0 aromatic heterocycles. The molecule has 3 nitrogen and oxygen atoms in total. The molecule has 0 bridgehead atoms. The number of nitrogens with one attached hydrogen (secondary N) is 1. The van der Waals surface area contributed by atoms with E-state index in [0.717, 1.165) is 6.42 Å². The highest BCUT2D eigenvalue weighted by molar-refractivity contribution is 5.78. The van der Waals surface area contributed by atoms with Crippen molar-refractivity contribution in [3.63, 3.8) is 0 Å². The second kappa shape index (κ2) is 6.01. The van der Waals surface area contributed by atoms with Gasteiger partial charge in [0, 0.05) is 5.92 Å². The average Bonchev–Trinajstić information content (AvgIpc) is 3.21. The van der Waals surface area contributed by atoms with Crippen LogP contribution in [0.2, 0.25) is 0 Å². The van der Waals surface area contributed by atoms with Gasteiger partial charge in [0.05, 0.1) is 6.04 Å². The minimum Gasteiger partial charge on any atom is -0.349 e. The zero-order valence-corrected chi connectivity index (χ0v) is 10.9. The average molecular weight is 246 g/mol. The second-order valence-corrected chi connectivity index (χ2v) is 5.21. The summed E-state index contributed by atoms with van der Waals surface area (Å²) >= 11 is 0. The Kier molecular flexibility index (Phi) is 4.37. The monoisotopic (exact) mass is 246 g/mol. The predicted molar refractivity (Wildman–Crippen MR) is 72.9 cm³/mol. The van der Waals surface area contributed by atoms with Gasteiger partial charge in [-0.3, -0.25) is 4.79 Å². The van der Waals surface area contributed by atoms with Crippen molar-refractivity contribution in [3.8, 4) is 0 Å². The van der Waals surface area contributed by atoms with Crippen LogP contribution in [0.1, 0.15) is 37.8 Å². The maximum Gasteiger partial charge on any atom is 0.223 e. The molecule has 0 heterocycles. The van der Waals surface area contributed by atoms with E-state index in [4.69, 9.17) is 5.73 Å². The van der Waals surface area contributed by atoms with Crippen molar-refractivity contribution in [3.05, 3.63) is 35.9 Å². The second-order valence-electron chi connectivity index (χ2n) is 5.21. The molecule has 2 atom stereocenters. The van der Waals surface area contributed by atoms with Gasteiger partial charge in [-0.25, -0.2) is 0 Å². The SMILES string of the molecule is CC(CCN)C(=O)NC(c1ccccc1)C1CC1. The molecule has 1 aliphatic rings. The Morgan fingerprint density at radius 2 is 2.06 bits per heavy atom. The van der Waals surface area contributed by atoms with Crippen LogP contribution in [0.15, 0.2) is 30.3 Å². The molecule has 3 N–H and O–H groups in total. The van der Waals surface area contributed by atoms with Crippen LogP contribution in [0.4, 0.5) is 0 Å². The normalized spacial score (nSPS) is 18.1. The molecular weight excluding hydrogens is 224 g/mol. The Morgan fingerprint density at radius 1 is 1.39 bits per heavy atom. The van der Waals surface area contributed by atoms with E-state index in [9.17, 15) is 4.79 Å². The first-order valence-corrected chi connectivity index (χ1v) is 6.77. The number of benzene rings is 1. The summed E-state index contributed by atoms with van der Waals surface area (Å²) in [5.41, 5.74) is 6.72. The molecule has 2 unspecified atom stereocenters. The lowest BCUT2D eigenvalue weighted by molar-refractivity contribution is -0.125. The lowest BCUT2D eigenvalue weighted by Crippen LogP contribution is -2.34. The van der Waals surface area contributed by atoms with Gasteiger partial charge < -0.3 is 11.1 Å². The van der Waals surface area contributed by atoms with Crippen molar-refractivity contribution < 1.29 is 4.79 Å². The fourth-order valence-electron chi connectivity index (χ4n) is 2.24. The minimum atomic E-state index is -0.0000350. The first-order chi connectivity index (χ1) is 8.72. The number of amides is 1. The van der Waals surface area contributed by atoms with Crippen molar-refractivity contribution >= 4 is 5.91 Å². The molecule has 1 amide bonds. The summed E-state index contributed by atoms with van der Waals surface area (Å²) in [6.07, 6.45) is 3.17. The first-order valence-electron chi connectivity index (χ1n) is 6.77. The van der Waals surface area contributed by atoms with Gasteiger partial charge >= 0.3 is 0 Å². The van der Waals surface area contributed by atoms with E-state index in [1.807, 2.05) is 25.1 Å². The van der Waals surface area contributed by atoms with Gasteiger partial charge in [-0.05, 0) is 37.3 Å². The Bertz CT molecular complexity index is 387. The van der Waals surface area contributed by atoms with Crippen LogP contribution in [0.5, 0.6) is 0 Å². The number of carbonyl (C=O) groups is 1. The van der Waals surface area contributed by atoms with Crippen molar-refractivity contribution in [2.45, 2.75) is 32.2 Å². The highest BCUT2D eigenvalue weighted by Gasteiger charge is 2.33. The molecule has 3 heteroatoms. The quantitative estimate of drug-likeness (QED) is 0.808. The van der Waals surface area contributed by atoms with Crippen molar-refractivity contribution in [2.24, 2.45) is 17.6 Å². The van der Waals surface area contributed by atoms with E-state index in [2.05, 4.69) is 17.4 Å². The van der Waals surface area contributed by atoms with Crippen molar-refractivity contribution in [1.82, 2.24) is 5.32 Å². The van der Waals surface area contributed by atoms with Gasteiger partial charge in [0.25, 0.3) is 0 Å². The standard InChI is InChI=1S/C15H22N2O/c1-11(9-10-16)15(18)17-14(13-7-8-13)12-5-3-2-4-6-12/h2-6,11,13-14H,7-10,16H2,1H3,(H,17,18). The Balaban J connectivity index is 2.01. The molecule has 0 saturated heterocycles. The molecule has 1 fully saturated rings. The highest BCUT2D eigenvalue weighted by Crippen LogP contribution is 2.41. The maximum absolute atomic E-state index is 12.1. The van der Waals surface area contributed by atoms with Crippen LogP contribution in [0, 0.1) is 11.8 Å². The van der Waals surface area contributed by atoms with Gasteiger partial charge in [-0.1, -0.05) is 37.3 Å². The van der Waals surface area contributed by atoms with E-state index in [0.29, 0.717) is 12.5 Å². The lowest BCUT2D eigenvalue weighted by Gasteiger charge is -2.21. The molecular formula is C15H22N2O. The summed E-state index contributed by atoms with van der Waals surface area (Å²) in [4.78, 5) is 12.1. The third kappa shape index (κ3) is 3.33. The summed E-state index contributed by atoms with van der Waals surface area (Å²) in [6, 6.07) is 10.4. The molecule has 0 spiro atoms. The van der Waals surface area contributed by atoms with E-state index >= 15 is 0 Å². The van der Waals surface area contributed by atoms with Crippen LogP contribution < -0.4 is 11.1 Å². The molecule has 0 radical (unpaired) electrons. The number of carbonyl (C=O) groups excluding carboxylic acids is 1. The third-order valence-electron chi connectivity index (χ3n) is 3.60. The summed E-state index contributed by atoms with van der Waals surface area (Å²) in [5, 5.41) is 3.19. The summed E-state index contributed by atoms with van der Waals surface area (Å²) in [6.45, 7) is 2.51. The smallest absolute Gasteiger partial charge is 0.223 e. The number of hydrogen-bond acceptors (Lipinski definition) is 2. The fourth-order valence-corrected chi connectivity index (χ4v) is 2.24. The zero-order chi connectivity index (χ0) is 13.0. The molecule has 1 aliphatic carbocycles. The Morgan fingerprint density at radius 3 is 2.61 bits per heavy atom. The Labute approximate surface area is 109 Å². The number of rotatable bonds is 6. The summed E-state index contributed by atoms with van der Waals surface area (Å²) < 4.78 is 0. The zero-order valence-electron chi connectivity index (χ0n) is 10.9. The molecule has 2 rings (SSSR count).